The van der Waals surface area contributed by atoms with Crippen LogP contribution in [0.4, 0.5) is 0 Å². The summed E-state index contributed by atoms with van der Waals surface area (Å²) in [6.45, 7) is 2.36. The van der Waals surface area contributed by atoms with Crippen molar-refractivity contribution in [1.82, 2.24) is 9.97 Å². The molecule has 0 aliphatic carbocycles. The summed E-state index contributed by atoms with van der Waals surface area (Å²) < 4.78 is 16.1. The Morgan fingerprint density at radius 3 is 2.89 bits per heavy atom. The second-order valence-electron chi connectivity index (χ2n) is 5.80. The number of esters is 1. The van der Waals surface area contributed by atoms with E-state index in [2.05, 4.69) is 25.9 Å². The first-order chi connectivity index (χ1) is 13.1. The van der Waals surface area contributed by atoms with Crippen LogP contribution in [0.3, 0.4) is 0 Å². The maximum atomic E-state index is 11.4. The molecule has 0 aromatic carbocycles. The fourth-order valence-electron chi connectivity index (χ4n) is 2.45. The van der Waals surface area contributed by atoms with Crippen LogP contribution in [-0.4, -0.2) is 34.5 Å². The number of rotatable bonds is 8. The Morgan fingerprint density at radius 1 is 1.37 bits per heavy atom. The van der Waals surface area contributed by atoms with Gasteiger partial charge in [-0.25, -0.2) is 9.97 Å². The molecule has 1 atom stereocenters. The number of oxazole rings is 1. The number of carbonyl (C=O) groups is 1. The second kappa shape index (κ2) is 9.14. The minimum Gasteiger partial charge on any atom is -0.477 e. The molecule has 1 unspecified atom stereocenters. The Labute approximate surface area is 169 Å². The number of ether oxygens (including phenoxy) is 2. The first kappa shape index (κ1) is 19.6. The zero-order valence-corrected chi connectivity index (χ0v) is 17.4. The Bertz CT molecular complexity index is 878. The van der Waals surface area contributed by atoms with Gasteiger partial charge in [0.1, 0.15) is 10.6 Å². The van der Waals surface area contributed by atoms with Gasteiger partial charge in [0, 0.05) is 18.7 Å². The standard InChI is InChI=1S/C19H19BrN2O4S/c1-12-15(22-18(26-12)16-4-3-9-27-16)7-8-25-17-6-5-13(11-21-17)10-14(20)19(23)24-2/h3-6,9,11,14H,7-8,10H2,1-2H3. The van der Waals surface area contributed by atoms with Gasteiger partial charge in [0.25, 0.3) is 0 Å². The lowest BCUT2D eigenvalue weighted by Crippen LogP contribution is -2.18. The van der Waals surface area contributed by atoms with Crippen LogP contribution < -0.4 is 4.74 Å². The fraction of sp³-hybridized carbons (Fsp3) is 0.316. The molecule has 0 bridgehead atoms. The Morgan fingerprint density at radius 2 is 2.22 bits per heavy atom. The second-order valence-corrected chi connectivity index (χ2v) is 7.85. The number of aryl methyl sites for hydroxylation is 1. The molecule has 0 amide bonds. The van der Waals surface area contributed by atoms with E-state index >= 15 is 0 Å². The van der Waals surface area contributed by atoms with Gasteiger partial charge in [0.15, 0.2) is 0 Å². The third-order valence-corrected chi connectivity index (χ3v) is 5.44. The van der Waals surface area contributed by atoms with E-state index in [-0.39, 0.29) is 10.8 Å². The summed E-state index contributed by atoms with van der Waals surface area (Å²) >= 11 is 4.90. The van der Waals surface area contributed by atoms with Crippen molar-refractivity contribution in [2.24, 2.45) is 0 Å². The first-order valence-electron chi connectivity index (χ1n) is 8.36. The average Bonchev–Trinajstić information content (AvgIpc) is 3.32. The topological polar surface area (TPSA) is 74.5 Å². The predicted molar refractivity (Wildman–Crippen MR) is 106 cm³/mol. The van der Waals surface area contributed by atoms with Crippen LogP contribution in [0, 0.1) is 6.92 Å². The minimum absolute atomic E-state index is 0.305. The van der Waals surface area contributed by atoms with Gasteiger partial charge in [-0.3, -0.25) is 4.79 Å². The molecule has 3 heterocycles. The SMILES string of the molecule is COC(=O)C(Br)Cc1ccc(OCCc2nc(-c3cccs3)oc2C)nc1. The number of aromatic nitrogens is 2. The lowest BCUT2D eigenvalue weighted by atomic mass is 10.1. The highest BCUT2D eigenvalue weighted by atomic mass is 79.9. The van der Waals surface area contributed by atoms with Gasteiger partial charge >= 0.3 is 5.97 Å². The highest BCUT2D eigenvalue weighted by Gasteiger charge is 2.16. The van der Waals surface area contributed by atoms with Crippen LogP contribution in [0.15, 0.2) is 40.3 Å². The summed E-state index contributed by atoms with van der Waals surface area (Å²) in [5.41, 5.74) is 1.80. The van der Waals surface area contributed by atoms with Gasteiger partial charge in [-0.2, -0.15) is 0 Å². The fourth-order valence-corrected chi connectivity index (χ4v) is 3.66. The van der Waals surface area contributed by atoms with Gasteiger partial charge < -0.3 is 13.9 Å². The molecule has 142 valence electrons. The molecule has 0 N–H and O–H groups in total. The number of hydrogen-bond acceptors (Lipinski definition) is 7. The van der Waals surface area contributed by atoms with Crippen molar-refractivity contribution in [3.8, 4) is 16.6 Å². The van der Waals surface area contributed by atoms with Gasteiger partial charge in [-0.05, 0) is 30.4 Å². The molecule has 3 aromatic heterocycles. The van der Waals surface area contributed by atoms with Gasteiger partial charge in [0.2, 0.25) is 11.8 Å². The molecule has 0 aliphatic rings. The van der Waals surface area contributed by atoms with Gasteiger partial charge in [-0.1, -0.05) is 28.1 Å². The molecule has 3 aromatic rings. The summed E-state index contributed by atoms with van der Waals surface area (Å²) in [6.07, 6.45) is 2.84. The van der Waals surface area contributed by atoms with Crippen molar-refractivity contribution in [3.05, 3.63) is 52.9 Å². The van der Waals surface area contributed by atoms with Gasteiger partial charge in [-0.15, -0.1) is 11.3 Å². The zero-order chi connectivity index (χ0) is 19.2. The minimum atomic E-state index is -0.385. The Hall–Kier alpha value is -2.19. The van der Waals surface area contributed by atoms with E-state index in [1.807, 2.05) is 30.5 Å². The molecule has 27 heavy (non-hydrogen) atoms. The number of alkyl halides is 1. The van der Waals surface area contributed by atoms with Crippen LogP contribution in [0.25, 0.3) is 10.8 Å². The number of pyridine rings is 1. The average molecular weight is 451 g/mol. The summed E-state index contributed by atoms with van der Waals surface area (Å²) in [4.78, 5) is 20.9. The number of carbonyl (C=O) groups excluding carboxylic acids is 1. The number of thiophene rings is 1. The van der Waals surface area contributed by atoms with E-state index in [1.54, 1.807) is 23.6 Å². The molecule has 0 saturated carbocycles. The molecule has 0 radical (unpaired) electrons. The highest BCUT2D eigenvalue weighted by molar-refractivity contribution is 9.10. The maximum absolute atomic E-state index is 11.4. The van der Waals surface area contributed by atoms with Crippen LogP contribution in [0.5, 0.6) is 5.88 Å². The van der Waals surface area contributed by atoms with Crippen molar-refractivity contribution in [3.63, 3.8) is 0 Å². The van der Waals surface area contributed by atoms with E-state index in [0.29, 0.717) is 31.2 Å². The van der Waals surface area contributed by atoms with Crippen molar-refractivity contribution in [1.29, 1.82) is 0 Å². The van der Waals surface area contributed by atoms with E-state index < -0.39 is 0 Å². The molecular weight excluding hydrogens is 432 g/mol. The molecule has 3 rings (SSSR count). The summed E-state index contributed by atoms with van der Waals surface area (Å²) in [6, 6.07) is 7.63. The third kappa shape index (κ3) is 5.17. The Balaban J connectivity index is 1.51. The molecular formula is C19H19BrN2O4S. The van der Waals surface area contributed by atoms with Crippen LogP contribution in [0.2, 0.25) is 0 Å². The lowest BCUT2D eigenvalue weighted by molar-refractivity contribution is -0.139. The lowest BCUT2D eigenvalue weighted by Gasteiger charge is -2.08. The smallest absolute Gasteiger partial charge is 0.319 e. The van der Waals surface area contributed by atoms with Crippen molar-refractivity contribution in [2.45, 2.75) is 24.6 Å². The number of nitrogens with zero attached hydrogens (tertiary/aromatic N) is 2. The summed E-state index contributed by atoms with van der Waals surface area (Å²) in [5.74, 6) is 1.68. The van der Waals surface area contributed by atoms with E-state index in [9.17, 15) is 4.79 Å². The van der Waals surface area contributed by atoms with E-state index in [1.165, 1.54) is 7.11 Å². The molecule has 0 saturated heterocycles. The van der Waals surface area contributed by atoms with Crippen LogP contribution in [-0.2, 0) is 22.4 Å². The van der Waals surface area contributed by atoms with E-state index in [4.69, 9.17) is 13.9 Å². The number of halogens is 1. The zero-order valence-electron chi connectivity index (χ0n) is 15.0. The van der Waals surface area contributed by atoms with Crippen molar-refractivity contribution < 1.29 is 18.7 Å². The van der Waals surface area contributed by atoms with Crippen molar-refractivity contribution in [2.75, 3.05) is 13.7 Å². The first-order valence-corrected chi connectivity index (χ1v) is 10.2. The van der Waals surface area contributed by atoms with Crippen molar-refractivity contribution >= 4 is 33.2 Å². The normalized spacial score (nSPS) is 12.0. The molecule has 0 fully saturated rings. The quantitative estimate of drug-likeness (QED) is 0.378. The molecule has 6 nitrogen and oxygen atoms in total. The molecule has 0 spiro atoms. The van der Waals surface area contributed by atoms with E-state index in [0.717, 1.165) is 21.9 Å². The Kier molecular flexibility index (Phi) is 6.63. The van der Waals surface area contributed by atoms with Crippen LogP contribution >= 0.6 is 27.3 Å². The largest absolute Gasteiger partial charge is 0.477 e. The molecule has 0 aliphatic heterocycles. The number of methoxy groups -OCH3 is 1. The summed E-state index contributed by atoms with van der Waals surface area (Å²) in [7, 11) is 1.37. The van der Waals surface area contributed by atoms with Crippen LogP contribution in [0.1, 0.15) is 17.0 Å². The van der Waals surface area contributed by atoms with Gasteiger partial charge in [0.05, 0.1) is 24.3 Å². The predicted octanol–water partition coefficient (Wildman–Crippen LogP) is 4.21. The molecule has 8 heteroatoms. The monoisotopic (exact) mass is 450 g/mol. The highest BCUT2D eigenvalue weighted by Crippen LogP contribution is 2.26. The third-order valence-electron chi connectivity index (χ3n) is 3.88. The number of hydrogen-bond donors (Lipinski definition) is 0. The summed E-state index contributed by atoms with van der Waals surface area (Å²) in [5, 5.41) is 2.00. The maximum Gasteiger partial charge on any atom is 0.319 e.